The van der Waals surface area contributed by atoms with E-state index in [0.29, 0.717) is 0 Å². The highest BCUT2D eigenvalue weighted by atomic mass is 32.1. The van der Waals surface area contributed by atoms with E-state index >= 15 is 0 Å². The molecule has 1 aliphatic carbocycles. The summed E-state index contributed by atoms with van der Waals surface area (Å²) in [6.07, 6.45) is 0. The van der Waals surface area contributed by atoms with Crippen molar-refractivity contribution in [2.24, 2.45) is 0 Å². The van der Waals surface area contributed by atoms with E-state index in [0.717, 1.165) is 12.2 Å². The third-order valence-electron chi connectivity index (χ3n) is 3.50. The van der Waals surface area contributed by atoms with E-state index in [1.165, 1.54) is 48.8 Å². The van der Waals surface area contributed by atoms with Crippen LogP contribution in [0, 0.1) is 0 Å². The summed E-state index contributed by atoms with van der Waals surface area (Å²) in [7, 11) is 2.20. The Hall–Kier alpha value is -0.970. The zero-order valence-electron chi connectivity index (χ0n) is 10.1. The maximum atomic E-state index is 4.42. The van der Waals surface area contributed by atoms with E-state index < -0.39 is 0 Å². The van der Waals surface area contributed by atoms with Crippen LogP contribution in [0.15, 0.2) is 23.6 Å². The summed E-state index contributed by atoms with van der Waals surface area (Å²) in [5.41, 5.74) is 3.88. The maximum Gasteiger partial charge on any atom is 0.0835 e. The van der Waals surface area contributed by atoms with E-state index in [2.05, 4.69) is 44.8 Å². The largest absolute Gasteiger partial charge is 0.304 e. The van der Waals surface area contributed by atoms with Crippen LogP contribution < -0.4 is 0 Å². The Labute approximate surface area is 106 Å². The van der Waals surface area contributed by atoms with Crippen LogP contribution in [0.1, 0.15) is 5.56 Å². The lowest BCUT2D eigenvalue weighted by molar-refractivity contribution is 0.148. The average molecular weight is 247 g/mol. The minimum atomic E-state index is 1.06. The van der Waals surface area contributed by atoms with Gasteiger partial charge in [-0.2, -0.15) is 4.37 Å². The van der Waals surface area contributed by atoms with Gasteiger partial charge in [-0.15, -0.1) is 0 Å². The van der Waals surface area contributed by atoms with Crippen molar-refractivity contribution in [1.82, 2.24) is 14.2 Å². The predicted octanol–water partition coefficient (Wildman–Crippen LogP) is 2.00. The topological polar surface area (TPSA) is 19.4 Å². The molecule has 1 saturated heterocycles. The van der Waals surface area contributed by atoms with Gasteiger partial charge in [0.25, 0.3) is 0 Å². The van der Waals surface area contributed by atoms with Gasteiger partial charge in [-0.05, 0) is 36.3 Å². The molecule has 4 heteroatoms. The Bertz CT molecular complexity index is 460. The molecule has 0 aromatic heterocycles. The van der Waals surface area contributed by atoms with Gasteiger partial charge in [0.2, 0.25) is 0 Å². The molecule has 0 aromatic rings. The summed E-state index contributed by atoms with van der Waals surface area (Å²) < 4.78 is 4.42. The zero-order valence-corrected chi connectivity index (χ0v) is 10.9. The molecule has 2 aliphatic heterocycles. The van der Waals surface area contributed by atoms with Crippen molar-refractivity contribution in [2.75, 3.05) is 33.2 Å². The van der Waals surface area contributed by atoms with Gasteiger partial charge in [-0.1, -0.05) is 6.07 Å². The molecule has 2 heterocycles. The van der Waals surface area contributed by atoms with Crippen LogP contribution in [0.5, 0.6) is 0 Å². The number of nitrogens with zero attached hydrogens (tertiary/aromatic N) is 3. The van der Waals surface area contributed by atoms with E-state index in [9.17, 15) is 0 Å². The van der Waals surface area contributed by atoms with Crippen molar-refractivity contribution >= 4 is 11.5 Å². The van der Waals surface area contributed by atoms with Gasteiger partial charge in [0.1, 0.15) is 0 Å². The fraction of sp³-hybridized carbons (Fsp3) is 0.462. The monoisotopic (exact) mass is 247 g/mol. The highest BCUT2D eigenvalue weighted by Crippen LogP contribution is 2.27. The van der Waals surface area contributed by atoms with E-state index in [4.69, 9.17) is 0 Å². The van der Waals surface area contributed by atoms with Gasteiger partial charge in [-0.25, -0.2) is 0 Å². The van der Waals surface area contributed by atoms with Gasteiger partial charge in [0, 0.05) is 43.7 Å². The quantitative estimate of drug-likeness (QED) is 0.809. The molecule has 3 nitrogen and oxygen atoms in total. The second-order valence-corrected chi connectivity index (χ2v) is 5.40. The molecule has 3 aliphatic rings. The summed E-state index contributed by atoms with van der Waals surface area (Å²) in [5.74, 6) is 0. The van der Waals surface area contributed by atoms with Crippen molar-refractivity contribution in [1.29, 1.82) is 0 Å². The first kappa shape index (κ1) is 11.1. The smallest absolute Gasteiger partial charge is 0.0835 e. The lowest BCUT2D eigenvalue weighted by Crippen LogP contribution is -2.43. The lowest BCUT2D eigenvalue weighted by atomic mass is 10.1. The molecule has 90 valence electrons. The molecule has 17 heavy (non-hydrogen) atoms. The van der Waals surface area contributed by atoms with Crippen molar-refractivity contribution in [3.8, 4) is 11.3 Å². The van der Waals surface area contributed by atoms with Gasteiger partial charge < -0.3 is 4.90 Å². The molecule has 0 radical (unpaired) electrons. The number of piperazine rings is 1. The molecule has 1 fully saturated rings. The van der Waals surface area contributed by atoms with Crippen LogP contribution in [0.2, 0.25) is 0 Å². The van der Waals surface area contributed by atoms with E-state index in [1.54, 1.807) is 0 Å². The Kier molecular flexibility index (Phi) is 3.09. The summed E-state index contributed by atoms with van der Waals surface area (Å²) in [6.45, 7) is 5.77. The van der Waals surface area contributed by atoms with Gasteiger partial charge >= 0.3 is 0 Å². The second-order valence-electron chi connectivity index (χ2n) is 4.74. The third-order valence-corrected chi connectivity index (χ3v) is 4.06. The van der Waals surface area contributed by atoms with Gasteiger partial charge in [-0.3, -0.25) is 4.90 Å². The highest BCUT2D eigenvalue weighted by molar-refractivity contribution is 7.03. The van der Waals surface area contributed by atoms with Gasteiger partial charge in [0.05, 0.1) is 5.69 Å². The summed E-state index contributed by atoms with van der Waals surface area (Å²) in [4.78, 5) is 4.92. The average Bonchev–Trinajstić information content (AvgIpc) is 2.76. The number of hydrogen-bond donors (Lipinski definition) is 0. The fourth-order valence-electron chi connectivity index (χ4n) is 2.37. The molecule has 3 rings (SSSR count). The minimum absolute atomic E-state index is 1.06. The zero-order chi connectivity index (χ0) is 11.7. The minimum Gasteiger partial charge on any atom is -0.304 e. The number of aromatic nitrogens is 1. The van der Waals surface area contributed by atoms with Crippen LogP contribution in [-0.4, -0.2) is 47.4 Å². The molecule has 0 N–H and O–H groups in total. The van der Waals surface area contributed by atoms with Gasteiger partial charge in [0.15, 0.2) is 0 Å². The second kappa shape index (κ2) is 4.72. The van der Waals surface area contributed by atoms with Crippen molar-refractivity contribution < 1.29 is 0 Å². The predicted molar refractivity (Wildman–Crippen MR) is 71.5 cm³/mol. The first-order valence-electron chi connectivity index (χ1n) is 6.06. The Morgan fingerprint density at radius 3 is 2.82 bits per heavy atom. The SMILES string of the molecule is CN1CCN(Cc2ccc3nsccc2-3)CC1. The maximum absolute atomic E-state index is 4.42. The van der Waals surface area contributed by atoms with Crippen LogP contribution in [-0.2, 0) is 6.54 Å². The summed E-state index contributed by atoms with van der Waals surface area (Å²) >= 11 is 1.52. The van der Waals surface area contributed by atoms with Crippen LogP contribution in [0.25, 0.3) is 11.3 Å². The number of fused-ring (bicyclic) bond motifs is 1. The molecule has 0 bridgehead atoms. The number of hydrogen-bond acceptors (Lipinski definition) is 4. The molecule has 0 unspecified atom stereocenters. The highest BCUT2D eigenvalue weighted by Gasteiger charge is 2.17. The molecule has 0 amide bonds. The van der Waals surface area contributed by atoms with Crippen molar-refractivity contribution in [3.05, 3.63) is 29.1 Å². The first-order chi connectivity index (χ1) is 8.33. The third kappa shape index (κ3) is 2.34. The van der Waals surface area contributed by atoms with E-state index in [1.807, 2.05) is 0 Å². The van der Waals surface area contributed by atoms with E-state index in [-0.39, 0.29) is 0 Å². The lowest BCUT2D eigenvalue weighted by Gasteiger charge is -2.32. The van der Waals surface area contributed by atoms with Crippen molar-refractivity contribution in [3.63, 3.8) is 0 Å². The first-order valence-corrected chi connectivity index (χ1v) is 6.89. The normalized spacial score (nSPS) is 18.9. The Morgan fingerprint density at radius 1 is 1.18 bits per heavy atom. The van der Waals surface area contributed by atoms with Crippen LogP contribution >= 0.6 is 11.5 Å². The molecule has 0 aromatic carbocycles. The molecule has 0 spiro atoms. The summed E-state index contributed by atoms with van der Waals surface area (Å²) in [6, 6.07) is 6.55. The standard InChI is InChI=1S/C13H17N3S/c1-15-5-7-16(8-6-15)10-11-2-3-13-12(11)4-9-17-14-13/h2-4,9H,5-8,10H2,1H3. The molecular weight excluding hydrogens is 230 g/mol. The fourth-order valence-corrected chi connectivity index (χ4v) is 2.90. The summed E-state index contributed by atoms with van der Waals surface area (Å²) in [5, 5.41) is 2.07. The number of rotatable bonds is 2. The Morgan fingerprint density at radius 2 is 2.00 bits per heavy atom. The van der Waals surface area contributed by atoms with Crippen LogP contribution in [0.3, 0.4) is 0 Å². The number of likely N-dealkylation sites (N-methyl/N-ethyl adjacent to an activating group) is 1. The Balaban J connectivity index is 1.73. The molecule has 0 saturated carbocycles. The molecule has 0 atom stereocenters. The van der Waals surface area contributed by atoms with Crippen molar-refractivity contribution in [2.45, 2.75) is 6.54 Å². The molecular formula is C13H17N3S. The van der Waals surface area contributed by atoms with Crippen LogP contribution in [0.4, 0.5) is 0 Å².